The number of carbonyl (C=O) groups excluding carboxylic acids is 1. The fourth-order valence-corrected chi connectivity index (χ4v) is 4.92. The van der Waals surface area contributed by atoms with Gasteiger partial charge in [-0.2, -0.15) is 0 Å². The first-order valence-electron chi connectivity index (χ1n) is 9.84. The molecule has 1 aliphatic rings. The molecule has 158 valence electrons. The number of hydrogen-bond donors (Lipinski definition) is 0. The number of rotatable bonds is 2. The van der Waals surface area contributed by atoms with E-state index < -0.39 is 15.6 Å². The van der Waals surface area contributed by atoms with Gasteiger partial charge in [-0.3, -0.25) is 0 Å². The molecule has 7 nitrogen and oxygen atoms in total. The highest BCUT2D eigenvalue weighted by molar-refractivity contribution is 7.90. The molecule has 30 heavy (non-hydrogen) atoms. The molecule has 0 saturated carbocycles. The molecule has 3 aromatic rings. The molecule has 3 heterocycles. The zero-order valence-electron chi connectivity index (χ0n) is 17.5. The van der Waals surface area contributed by atoms with Crippen LogP contribution in [0.4, 0.5) is 4.79 Å². The molecule has 2 aromatic heterocycles. The van der Waals surface area contributed by atoms with Crippen LogP contribution >= 0.6 is 0 Å². The lowest BCUT2D eigenvalue weighted by Gasteiger charge is -2.31. The normalized spacial score (nSPS) is 14.6. The van der Waals surface area contributed by atoms with E-state index in [1.54, 1.807) is 47.6 Å². The largest absolute Gasteiger partial charge is 0.444 e. The minimum absolute atomic E-state index is 0.223. The fraction of sp³-hybridized carbons (Fsp3) is 0.364. The molecule has 0 aliphatic carbocycles. The van der Waals surface area contributed by atoms with E-state index in [0.717, 1.165) is 22.1 Å². The number of aryl methyl sites for hydroxylation is 1. The van der Waals surface area contributed by atoms with Crippen LogP contribution in [0.5, 0.6) is 0 Å². The lowest BCUT2D eigenvalue weighted by molar-refractivity contribution is 0.0224. The lowest BCUT2D eigenvalue weighted by Crippen LogP contribution is -2.40. The van der Waals surface area contributed by atoms with Crippen LogP contribution in [-0.2, 0) is 27.7 Å². The Morgan fingerprint density at radius 2 is 1.83 bits per heavy atom. The van der Waals surface area contributed by atoms with Gasteiger partial charge in [-0.05, 0) is 63.4 Å². The van der Waals surface area contributed by atoms with Gasteiger partial charge in [0.2, 0.25) is 0 Å². The average molecular weight is 428 g/mol. The summed E-state index contributed by atoms with van der Waals surface area (Å²) < 4.78 is 32.9. The summed E-state index contributed by atoms with van der Waals surface area (Å²) in [6.07, 6.45) is 3.47. The van der Waals surface area contributed by atoms with Crippen LogP contribution in [0.3, 0.4) is 0 Å². The highest BCUT2D eigenvalue weighted by Gasteiger charge is 2.28. The van der Waals surface area contributed by atoms with Crippen molar-refractivity contribution in [2.45, 2.75) is 51.2 Å². The van der Waals surface area contributed by atoms with Gasteiger partial charge >= 0.3 is 6.09 Å². The standard InChI is InChI=1S/C22H25N3O4S/c1-15-5-7-17(8-6-15)30(27,28)25-12-10-19-18-9-11-24(21(26)29-22(2,3)4)14-16(18)13-23-20(19)25/h5-8,10,12-13H,9,11,14H2,1-4H3. The Balaban J connectivity index is 1.68. The SMILES string of the molecule is Cc1ccc(S(=O)(=O)n2ccc3c4c(cnc32)CN(C(=O)OC(C)(C)C)CC4)cc1. The van der Waals surface area contributed by atoms with Crippen LogP contribution in [0.1, 0.15) is 37.5 Å². The highest BCUT2D eigenvalue weighted by atomic mass is 32.2. The van der Waals surface area contributed by atoms with Gasteiger partial charge in [-0.15, -0.1) is 0 Å². The number of amides is 1. The molecule has 0 unspecified atom stereocenters. The van der Waals surface area contributed by atoms with E-state index in [0.29, 0.717) is 25.2 Å². The number of aromatic nitrogens is 2. The Bertz CT molecular complexity index is 1220. The third-order valence-electron chi connectivity index (χ3n) is 5.10. The number of carbonyl (C=O) groups is 1. The number of nitrogens with zero attached hydrogens (tertiary/aromatic N) is 3. The van der Waals surface area contributed by atoms with Crippen LogP contribution in [0.15, 0.2) is 47.6 Å². The molecule has 0 saturated heterocycles. The second-order valence-corrected chi connectivity index (χ2v) is 10.4. The summed E-state index contributed by atoms with van der Waals surface area (Å²) in [6.45, 7) is 8.33. The van der Waals surface area contributed by atoms with E-state index in [1.165, 1.54) is 3.97 Å². The Kier molecular flexibility index (Phi) is 4.85. The number of benzene rings is 1. The highest BCUT2D eigenvalue weighted by Crippen LogP contribution is 2.29. The molecule has 1 aliphatic heterocycles. The van der Waals surface area contributed by atoms with Crippen molar-refractivity contribution in [1.82, 2.24) is 13.9 Å². The molecule has 0 N–H and O–H groups in total. The Morgan fingerprint density at radius 1 is 1.13 bits per heavy atom. The van der Waals surface area contributed by atoms with Gasteiger partial charge in [0.25, 0.3) is 10.0 Å². The zero-order valence-corrected chi connectivity index (χ0v) is 18.4. The maximum atomic E-state index is 13.1. The predicted octanol–water partition coefficient (Wildman–Crippen LogP) is 3.87. The van der Waals surface area contributed by atoms with Gasteiger partial charge in [-0.25, -0.2) is 22.2 Å². The second kappa shape index (κ2) is 7.12. The topological polar surface area (TPSA) is 81.5 Å². The van der Waals surface area contributed by atoms with Crippen molar-refractivity contribution in [3.8, 4) is 0 Å². The fourth-order valence-electron chi connectivity index (χ4n) is 3.62. The summed E-state index contributed by atoms with van der Waals surface area (Å²) >= 11 is 0. The Morgan fingerprint density at radius 3 is 2.50 bits per heavy atom. The van der Waals surface area contributed by atoms with Crippen molar-refractivity contribution in [1.29, 1.82) is 0 Å². The van der Waals surface area contributed by atoms with Crippen molar-refractivity contribution in [2.75, 3.05) is 6.54 Å². The van der Waals surface area contributed by atoms with Gasteiger partial charge in [0, 0.05) is 24.3 Å². The summed E-state index contributed by atoms with van der Waals surface area (Å²) in [6, 6.07) is 8.55. The average Bonchev–Trinajstić information content (AvgIpc) is 3.12. The Labute approximate surface area is 176 Å². The van der Waals surface area contributed by atoms with Crippen molar-refractivity contribution >= 4 is 27.1 Å². The van der Waals surface area contributed by atoms with E-state index in [1.807, 2.05) is 27.7 Å². The zero-order chi connectivity index (χ0) is 21.7. The minimum atomic E-state index is -3.74. The summed E-state index contributed by atoms with van der Waals surface area (Å²) in [5.41, 5.74) is 2.78. The molecule has 1 amide bonds. The molecule has 1 aromatic carbocycles. The Hall–Kier alpha value is -2.87. The van der Waals surface area contributed by atoms with Gasteiger partial charge in [0.05, 0.1) is 11.4 Å². The maximum Gasteiger partial charge on any atom is 0.410 e. The predicted molar refractivity (Wildman–Crippen MR) is 114 cm³/mol. The number of fused-ring (bicyclic) bond motifs is 3. The molecule has 0 radical (unpaired) electrons. The van der Waals surface area contributed by atoms with Crippen LogP contribution in [0.2, 0.25) is 0 Å². The summed E-state index contributed by atoms with van der Waals surface area (Å²) in [5, 5.41) is 0.798. The van der Waals surface area contributed by atoms with E-state index in [9.17, 15) is 13.2 Å². The molecular formula is C22H25N3O4S. The molecule has 0 fully saturated rings. The molecule has 0 bridgehead atoms. The minimum Gasteiger partial charge on any atom is -0.444 e. The second-order valence-electron chi connectivity index (χ2n) is 8.58. The third kappa shape index (κ3) is 3.67. The van der Waals surface area contributed by atoms with Gasteiger partial charge in [-0.1, -0.05) is 17.7 Å². The molecule has 8 heteroatoms. The molecule has 0 atom stereocenters. The summed E-state index contributed by atoms with van der Waals surface area (Å²) in [5.74, 6) is 0. The number of hydrogen-bond acceptors (Lipinski definition) is 5. The van der Waals surface area contributed by atoms with Crippen molar-refractivity contribution in [3.05, 3.63) is 59.4 Å². The van der Waals surface area contributed by atoms with Crippen LogP contribution in [-0.4, -0.2) is 40.5 Å². The first-order chi connectivity index (χ1) is 14.1. The molecular weight excluding hydrogens is 402 g/mol. The number of ether oxygens (including phenoxy) is 1. The van der Waals surface area contributed by atoms with Gasteiger partial charge in [0.15, 0.2) is 5.65 Å². The first kappa shape index (κ1) is 20.4. The smallest absolute Gasteiger partial charge is 0.410 e. The van der Waals surface area contributed by atoms with Crippen molar-refractivity contribution < 1.29 is 17.9 Å². The first-order valence-corrected chi connectivity index (χ1v) is 11.3. The van der Waals surface area contributed by atoms with E-state index in [4.69, 9.17) is 4.74 Å². The van der Waals surface area contributed by atoms with Gasteiger partial charge in [0.1, 0.15) is 5.60 Å². The maximum absolute atomic E-state index is 13.1. The van der Waals surface area contributed by atoms with Gasteiger partial charge < -0.3 is 9.64 Å². The van der Waals surface area contributed by atoms with E-state index in [-0.39, 0.29) is 11.0 Å². The van der Waals surface area contributed by atoms with E-state index in [2.05, 4.69) is 4.98 Å². The summed E-state index contributed by atoms with van der Waals surface area (Å²) in [7, 11) is -3.74. The summed E-state index contributed by atoms with van der Waals surface area (Å²) in [4.78, 5) is 18.7. The van der Waals surface area contributed by atoms with Crippen LogP contribution in [0, 0.1) is 6.92 Å². The van der Waals surface area contributed by atoms with Crippen LogP contribution < -0.4 is 0 Å². The quantitative estimate of drug-likeness (QED) is 0.620. The lowest BCUT2D eigenvalue weighted by atomic mass is 9.99. The molecule has 0 spiro atoms. The monoisotopic (exact) mass is 427 g/mol. The van der Waals surface area contributed by atoms with E-state index >= 15 is 0 Å². The van der Waals surface area contributed by atoms with Crippen molar-refractivity contribution in [3.63, 3.8) is 0 Å². The van der Waals surface area contributed by atoms with Crippen molar-refractivity contribution in [2.24, 2.45) is 0 Å². The third-order valence-corrected chi connectivity index (χ3v) is 6.78. The number of pyridine rings is 1. The molecule has 4 rings (SSSR count). The van der Waals surface area contributed by atoms with Crippen LogP contribution in [0.25, 0.3) is 11.0 Å².